The van der Waals surface area contributed by atoms with Gasteiger partial charge in [-0.3, -0.25) is 0 Å². The summed E-state index contributed by atoms with van der Waals surface area (Å²) < 4.78 is 4.66. The normalized spacial score (nSPS) is 10.1. The standard InChI is InChI=1S/C13H14N2O2S/c1-15(8-10-6-7-18-9-10)12-5-3-4-11(14-12)13(16)17-2/h3-7,9H,8H2,1-2H3. The lowest BCUT2D eigenvalue weighted by Crippen LogP contribution is -2.18. The number of aromatic nitrogens is 1. The second-order valence-electron chi connectivity index (χ2n) is 3.86. The third-order valence-corrected chi connectivity index (χ3v) is 3.25. The molecule has 94 valence electrons. The van der Waals surface area contributed by atoms with Gasteiger partial charge in [-0.05, 0) is 34.5 Å². The largest absolute Gasteiger partial charge is 0.464 e. The molecule has 0 saturated carbocycles. The molecule has 0 bridgehead atoms. The van der Waals surface area contributed by atoms with Crippen LogP contribution in [0.5, 0.6) is 0 Å². The molecular weight excluding hydrogens is 248 g/mol. The van der Waals surface area contributed by atoms with Crippen molar-refractivity contribution in [2.24, 2.45) is 0 Å². The molecule has 2 aromatic heterocycles. The summed E-state index contributed by atoms with van der Waals surface area (Å²) in [7, 11) is 3.30. The molecule has 2 heterocycles. The summed E-state index contributed by atoms with van der Waals surface area (Å²) in [5, 5.41) is 4.14. The fourth-order valence-corrected chi connectivity index (χ4v) is 2.25. The van der Waals surface area contributed by atoms with E-state index in [1.54, 1.807) is 23.5 Å². The highest BCUT2D eigenvalue weighted by atomic mass is 32.1. The number of ether oxygens (including phenoxy) is 1. The highest BCUT2D eigenvalue weighted by molar-refractivity contribution is 7.07. The molecule has 2 rings (SSSR count). The fourth-order valence-electron chi connectivity index (χ4n) is 1.59. The van der Waals surface area contributed by atoms with E-state index in [-0.39, 0.29) is 0 Å². The van der Waals surface area contributed by atoms with Crippen molar-refractivity contribution in [2.75, 3.05) is 19.1 Å². The highest BCUT2D eigenvalue weighted by Gasteiger charge is 2.10. The predicted octanol–water partition coefficient (Wildman–Crippen LogP) is 2.57. The van der Waals surface area contributed by atoms with Crippen LogP contribution < -0.4 is 4.90 Å². The van der Waals surface area contributed by atoms with Crippen LogP contribution in [-0.4, -0.2) is 25.1 Å². The molecule has 18 heavy (non-hydrogen) atoms. The van der Waals surface area contributed by atoms with Gasteiger partial charge in [0, 0.05) is 13.6 Å². The van der Waals surface area contributed by atoms with E-state index in [2.05, 4.69) is 21.2 Å². The van der Waals surface area contributed by atoms with Crippen molar-refractivity contribution in [3.05, 3.63) is 46.3 Å². The van der Waals surface area contributed by atoms with Gasteiger partial charge in [0.25, 0.3) is 0 Å². The summed E-state index contributed by atoms with van der Waals surface area (Å²) >= 11 is 1.67. The molecule has 0 amide bonds. The van der Waals surface area contributed by atoms with Crippen LogP contribution in [0.4, 0.5) is 5.82 Å². The van der Waals surface area contributed by atoms with Crippen molar-refractivity contribution in [1.82, 2.24) is 4.98 Å². The smallest absolute Gasteiger partial charge is 0.356 e. The summed E-state index contributed by atoms with van der Waals surface area (Å²) in [5.41, 5.74) is 1.56. The highest BCUT2D eigenvalue weighted by Crippen LogP contribution is 2.15. The maximum absolute atomic E-state index is 11.4. The van der Waals surface area contributed by atoms with Crippen molar-refractivity contribution in [1.29, 1.82) is 0 Å². The van der Waals surface area contributed by atoms with Crippen LogP contribution in [0.25, 0.3) is 0 Å². The Labute approximate surface area is 110 Å². The molecule has 0 aliphatic rings. The van der Waals surface area contributed by atoms with E-state index in [1.807, 2.05) is 23.4 Å². The van der Waals surface area contributed by atoms with Gasteiger partial charge in [0.2, 0.25) is 0 Å². The van der Waals surface area contributed by atoms with Gasteiger partial charge < -0.3 is 9.64 Å². The molecule has 0 aliphatic carbocycles. The van der Waals surface area contributed by atoms with Gasteiger partial charge in [-0.2, -0.15) is 11.3 Å². The maximum atomic E-state index is 11.4. The van der Waals surface area contributed by atoms with Crippen LogP contribution in [0.2, 0.25) is 0 Å². The second kappa shape index (κ2) is 5.64. The monoisotopic (exact) mass is 262 g/mol. The zero-order chi connectivity index (χ0) is 13.0. The summed E-state index contributed by atoms with van der Waals surface area (Å²) in [4.78, 5) is 17.7. The average Bonchev–Trinajstić information content (AvgIpc) is 2.90. The number of nitrogens with zero attached hydrogens (tertiary/aromatic N) is 2. The lowest BCUT2D eigenvalue weighted by atomic mass is 10.3. The first-order valence-corrected chi connectivity index (χ1v) is 6.42. The maximum Gasteiger partial charge on any atom is 0.356 e. The number of carbonyl (C=O) groups is 1. The van der Waals surface area contributed by atoms with E-state index >= 15 is 0 Å². The van der Waals surface area contributed by atoms with Gasteiger partial charge in [-0.1, -0.05) is 6.07 Å². The Morgan fingerprint density at radius 1 is 1.44 bits per heavy atom. The molecule has 0 aliphatic heterocycles. The van der Waals surface area contributed by atoms with E-state index in [4.69, 9.17) is 0 Å². The Bertz CT molecular complexity index is 526. The number of hydrogen-bond donors (Lipinski definition) is 0. The van der Waals surface area contributed by atoms with Crippen LogP contribution in [0.15, 0.2) is 35.0 Å². The van der Waals surface area contributed by atoms with Crippen molar-refractivity contribution in [3.63, 3.8) is 0 Å². The quantitative estimate of drug-likeness (QED) is 0.794. The Morgan fingerprint density at radius 2 is 2.28 bits per heavy atom. The molecule has 0 N–H and O–H groups in total. The van der Waals surface area contributed by atoms with E-state index in [9.17, 15) is 4.79 Å². The van der Waals surface area contributed by atoms with Crippen molar-refractivity contribution >= 4 is 23.1 Å². The zero-order valence-electron chi connectivity index (χ0n) is 10.3. The molecule has 4 nitrogen and oxygen atoms in total. The molecular formula is C13H14N2O2S. The number of pyridine rings is 1. The minimum atomic E-state index is -0.416. The number of thiophene rings is 1. The number of carbonyl (C=O) groups excluding carboxylic acids is 1. The molecule has 0 unspecified atom stereocenters. The molecule has 0 spiro atoms. The van der Waals surface area contributed by atoms with E-state index in [0.29, 0.717) is 5.69 Å². The van der Waals surface area contributed by atoms with Crippen LogP contribution >= 0.6 is 11.3 Å². The van der Waals surface area contributed by atoms with Crippen molar-refractivity contribution in [3.8, 4) is 0 Å². The lowest BCUT2D eigenvalue weighted by Gasteiger charge is -2.17. The molecule has 0 radical (unpaired) electrons. The summed E-state index contributed by atoms with van der Waals surface area (Å²) in [6, 6.07) is 7.40. The Balaban J connectivity index is 2.15. The predicted molar refractivity (Wildman–Crippen MR) is 72.0 cm³/mol. The van der Waals surface area contributed by atoms with Gasteiger partial charge in [-0.25, -0.2) is 9.78 Å². The SMILES string of the molecule is COC(=O)c1cccc(N(C)Cc2ccsc2)n1. The van der Waals surface area contributed by atoms with Crippen LogP contribution in [0.3, 0.4) is 0 Å². The molecule has 0 aromatic carbocycles. The number of hydrogen-bond acceptors (Lipinski definition) is 5. The number of rotatable bonds is 4. The molecule has 5 heteroatoms. The van der Waals surface area contributed by atoms with Gasteiger partial charge >= 0.3 is 5.97 Å². The summed E-state index contributed by atoms with van der Waals surface area (Å²) in [5.74, 6) is 0.338. The van der Waals surface area contributed by atoms with Crippen LogP contribution in [-0.2, 0) is 11.3 Å². The van der Waals surface area contributed by atoms with Gasteiger partial charge in [-0.15, -0.1) is 0 Å². The molecule has 0 fully saturated rings. The van der Waals surface area contributed by atoms with E-state index in [0.717, 1.165) is 12.4 Å². The lowest BCUT2D eigenvalue weighted by molar-refractivity contribution is 0.0594. The van der Waals surface area contributed by atoms with Crippen molar-refractivity contribution < 1.29 is 9.53 Å². The van der Waals surface area contributed by atoms with Gasteiger partial charge in [0.05, 0.1) is 7.11 Å². The van der Waals surface area contributed by atoms with Crippen molar-refractivity contribution in [2.45, 2.75) is 6.54 Å². The van der Waals surface area contributed by atoms with Gasteiger partial charge in [0.1, 0.15) is 5.82 Å². The van der Waals surface area contributed by atoms with Crippen LogP contribution in [0.1, 0.15) is 16.1 Å². The molecule has 0 saturated heterocycles. The Hall–Kier alpha value is -1.88. The summed E-state index contributed by atoms with van der Waals surface area (Å²) in [6.45, 7) is 0.765. The Kier molecular flexibility index (Phi) is 3.94. The number of esters is 1. The molecule has 0 atom stereocenters. The zero-order valence-corrected chi connectivity index (χ0v) is 11.1. The minimum Gasteiger partial charge on any atom is -0.464 e. The van der Waals surface area contributed by atoms with Crippen LogP contribution in [0, 0.1) is 0 Å². The first-order chi connectivity index (χ1) is 8.70. The Morgan fingerprint density at radius 3 is 2.94 bits per heavy atom. The number of anilines is 1. The third kappa shape index (κ3) is 2.87. The van der Waals surface area contributed by atoms with E-state index in [1.165, 1.54) is 12.7 Å². The first-order valence-electron chi connectivity index (χ1n) is 5.48. The summed E-state index contributed by atoms with van der Waals surface area (Å²) in [6.07, 6.45) is 0. The topological polar surface area (TPSA) is 42.4 Å². The number of methoxy groups -OCH3 is 1. The first kappa shape index (κ1) is 12.6. The van der Waals surface area contributed by atoms with E-state index < -0.39 is 5.97 Å². The molecule has 2 aromatic rings. The van der Waals surface area contributed by atoms with Gasteiger partial charge in [0.15, 0.2) is 5.69 Å². The third-order valence-electron chi connectivity index (χ3n) is 2.52. The minimum absolute atomic E-state index is 0.326. The average molecular weight is 262 g/mol. The fraction of sp³-hybridized carbons (Fsp3) is 0.231. The second-order valence-corrected chi connectivity index (χ2v) is 4.64.